The number of aryl methyl sites for hydroxylation is 1. The van der Waals surface area contributed by atoms with Crippen LogP contribution in [-0.2, 0) is 13.6 Å². The maximum atomic E-state index is 12.8. The number of carbonyl (C=O) groups is 1. The first-order valence-corrected chi connectivity index (χ1v) is 10.7. The molecule has 3 aromatic rings. The van der Waals surface area contributed by atoms with Crippen LogP contribution < -0.4 is 0 Å². The largest absolute Gasteiger partial charge is 0.343 e. The molecule has 0 atom stereocenters. The Hall–Kier alpha value is -1.86. The van der Waals surface area contributed by atoms with Gasteiger partial charge < -0.3 is 9.13 Å². The second-order valence-electron chi connectivity index (χ2n) is 6.84. The number of aromatic nitrogens is 4. The van der Waals surface area contributed by atoms with E-state index in [-0.39, 0.29) is 5.78 Å². The van der Waals surface area contributed by atoms with E-state index in [2.05, 4.69) is 39.2 Å². The molecule has 1 fully saturated rings. The van der Waals surface area contributed by atoms with Gasteiger partial charge in [0.15, 0.2) is 10.9 Å². The van der Waals surface area contributed by atoms with E-state index >= 15 is 0 Å². The highest BCUT2D eigenvalue weighted by Gasteiger charge is 2.29. The van der Waals surface area contributed by atoms with Crippen LogP contribution in [0.4, 0.5) is 0 Å². The van der Waals surface area contributed by atoms with Crippen LogP contribution in [0.3, 0.4) is 0 Å². The lowest BCUT2D eigenvalue weighted by Gasteiger charge is -2.08. The number of hydrogen-bond donors (Lipinski definition) is 0. The number of thioether (sulfide) groups is 1. The first-order chi connectivity index (χ1) is 12.5. The summed E-state index contributed by atoms with van der Waals surface area (Å²) >= 11 is 3.22. The van der Waals surface area contributed by atoms with Crippen LogP contribution in [0, 0.1) is 13.8 Å². The fourth-order valence-electron chi connectivity index (χ4n) is 3.24. The fourth-order valence-corrected chi connectivity index (χ4v) is 4.74. The maximum absolute atomic E-state index is 12.8. The third-order valence-electron chi connectivity index (χ3n) is 4.91. The highest BCUT2D eigenvalue weighted by Crippen LogP contribution is 2.39. The Kier molecular flexibility index (Phi) is 4.75. The summed E-state index contributed by atoms with van der Waals surface area (Å²) in [6.45, 7) is 4.92. The van der Waals surface area contributed by atoms with Crippen molar-refractivity contribution in [1.29, 1.82) is 0 Å². The smallest absolute Gasteiger partial charge is 0.191 e. The van der Waals surface area contributed by atoms with E-state index in [1.165, 1.54) is 29.5 Å². The summed E-state index contributed by atoms with van der Waals surface area (Å²) in [4.78, 5) is 14.1. The van der Waals surface area contributed by atoms with E-state index in [1.807, 2.05) is 24.6 Å². The molecule has 0 spiro atoms. The lowest BCUT2D eigenvalue weighted by Crippen LogP contribution is -2.07. The minimum Gasteiger partial charge on any atom is -0.343 e. The van der Waals surface area contributed by atoms with Crippen LogP contribution >= 0.6 is 23.1 Å². The van der Waals surface area contributed by atoms with Crippen LogP contribution in [0.2, 0.25) is 0 Å². The predicted octanol–water partition coefficient (Wildman–Crippen LogP) is 4.20. The summed E-state index contributed by atoms with van der Waals surface area (Å²) in [5.74, 6) is 2.15. The molecule has 1 aliphatic carbocycles. The highest BCUT2D eigenvalue weighted by atomic mass is 32.2. The molecule has 136 valence electrons. The Morgan fingerprint density at radius 1 is 1.35 bits per heavy atom. The van der Waals surface area contributed by atoms with Crippen LogP contribution in [0.1, 0.15) is 51.2 Å². The molecule has 5 nitrogen and oxygen atoms in total. The van der Waals surface area contributed by atoms with Gasteiger partial charge in [-0.2, -0.15) is 0 Å². The van der Waals surface area contributed by atoms with Gasteiger partial charge in [-0.3, -0.25) is 4.79 Å². The Morgan fingerprint density at radius 3 is 2.85 bits per heavy atom. The first kappa shape index (κ1) is 17.5. The third kappa shape index (κ3) is 3.38. The van der Waals surface area contributed by atoms with Gasteiger partial charge in [0.25, 0.3) is 0 Å². The van der Waals surface area contributed by atoms with Gasteiger partial charge in [-0.25, -0.2) is 0 Å². The monoisotopic (exact) mass is 386 g/mol. The van der Waals surface area contributed by atoms with Gasteiger partial charge in [0.05, 0.1) is 12.3 Å². The molecule has 3 aromatic heterocycles. The molecule has 3 heterocycles. The Bertz CT molecular complexity index is 935. The quantitative estimate of drug-likeness (QED) is 0.451. The number of ketones is 1. The minimum atomic E-state index is 0.150. The number of carbonyl (C=O) groups excluding carboxylic acids is 1. The standard InChI is InChI=1S/C19H22N4OS2/c1-12-9-16(13(2)23(12)10-15-5-4-8-25-15)17(24)11-26-19-21-20-18(22(19)3)14-6-7-14/h4-5,8-9,14H,6-7,10-11H2,1-3H3. The van der Waals surface area contributed by atoms with E-state index in [4.69, 9.17) is 0 Å². The Morgan fingerprint density at radius 2 is 2.15 bits per heavy atom. The van der Waals surface area contributed by atoms with Crippen LogP contribution in [0.15, 0.2) is 28.7 Å². The normalized spacial score (nSPS) is 14.1. The number of nitrogens with zero attached hydrogens (tertiary/aromatic N) is 4. The third-order valence-corrected chi connectivity index (χ3v) is 6.79. The van der Waals surface area contributed by atoms with Crippen molar-refractivity contribution in [3.05, 3.63) is 51.2 Å². The minimum absolute atomic E-state index is 0.150. The summed E-state index contributed by atoms with van der Waals surface area (Å²) < 4.78 is 4.26. The van der Waals surface area contributed by atoms with E-state index in [0.717, 1.165) is 34.5 Å². The van der Waals surface area contributed by atoms with Crippen LogP contribution in [0.5, 0.6) is 0 Å². The van der Waals surface area contributed by atoms with Crippen molar-refractivity contribution in [2.75, 3.05) is 5.75 Å². The zero-order chi connectivity index (χ0) is 18.3. The zero-order valence-electron chi connectivity index (χ0n) is 15.2. The fraction of sp³-hybridized carbons (Fsp3) is 0.421. The molecule has 0 radical (unpaired) electrons. The van der Waals surface area contributed by atoms with Crippen molar-refractivity contribution in [3.8, 4) is 0 Å². The molecule has 0 N–H and O–H groups in total. The number of Topliss-reactive ketones (excluding diaryl/α,β-unsaturated/α-hetero) is 1. The maximum Gasteiger partial charge on any atom is 0.191 e. The molecule has 4 rings (SSSR count). The summed E-state index contributed by atoms with van der Waals surface area (Å²) in [6, 6.07) is 6.21. The van der Waals surface area contributed by atoms with Gasteiger partial charge >= 0.3 is 0 Å². The molecule has 0 unspecified atom stereocenters. The van der Waals surface area contributed by atoms with Crippen LogP contribution in [0.25, 0.3) is 0 Å². The van der Waals surface area contributed by atoms with Gasteiger partial charge in [0, 0.05) is 34.8 Å². The van der Waals surface area contributed by atoms with Crippen LogP contribution in [-0.4, -0.2) is 30.9 Å². The van der Waals surface area contributed by atoms with E-state index in [0.29, 0.717) is 11.7 Å². The van der Waals surface area contributed by atoms with Crippen molar-refractivity contribution >= 4 is 28.9 Å². The SMILES string of the molecule is Cc1cc(C(=O)CSc2nnc(C3CC3)n2C)c(C)n1Cc1cccs1. The molecule has 7 heteroatoms. The molecular formula is C19H22N4OS2. The molecule has 1 saturated carbocycles. The summed E-state index contributed by atoms with van der Waals surface area (Å²) in [5, 5.41) is 11.5. The average molecular weight is 387 g/mol. The number of rotatable bonds is 7. The topological polar surface area (TPSA) is 52.7 Å². The number of hydrogen-bond acceptors (Lipinski definition) is 5. The second kappa shape index (κ2) is 7.04. The second-order valence-corrected chi connectivity index (χ2v) is 8.81. The average Bonchev–Trinajstić information content (AvgIpc) is 3.08. The number of thiophene rings is 1. The van der Waals surface area contributed by atoms with Crippen molar-refractivity contribution in [2.45, 2.75) is 44.3 Å². The van der Waals surface area contributed by atoms with Crippen molar-refractivity contribution in [1.82, 2.24) is 19.3 Å². The van der Waals surface area contributed by atoms with Gasteiger partial charge in [0.1, 0.15) is 5.82 Å². The van der Waals surface area contributed by atoms with Gasteiger partial charge in [-0.15, -0.1) is 21.5 Å². The molecular weight excluding hydrogens is 364 g/mol. The van der Waals surface area contributed by atoms with E-state index in [1.54, 1.807) is 11.3 Å². The van der Waals surface area contributed by atoms with Crippen molar-refractivity contribution < 1.29 is 4.79 Å². The van der Waals surface area contributed by atoms with Gasteiger partial charge in [-0.05, 0) is 44.2 Å². The summed E-state index contributed by atoms with van der Waals surface area (Å²) in [5.41, 5.74) is 2.98. The molecule has 26 heavy (non-hydrogen) atoms. The Labute approximate surface area is 161 Å². The Balaban J connectivity index is 1.46. The highest BCUT2D eigenvalue weighted by molar-refractivity contribution is 7.99. The van der Waals surface area contributed by atoms with Gasteiger partial charge in [0.2, 0.25) is 0 Å². The molecule has 0 aromatic carbocycles. The molecule has 0 aliphatic heterocycles. The molecule has 0 bridgehead atoms. The molecule has 1 aliphatic rings. The predicted molar refractivity (Wildman–Crippen MR) is 105 cm³/mol. The lowest BCUT2D eigenvalue weighted by molar-refractivity contribution is 0.102. The van der Waals surface area contributed by atoms with Crippen molar-refractivity contribution in [2.24, 2.45) is 7.05 Å². The van der Waals surface area contributed by atoms with E-state index in [9.17, 15) is 4.79 Å². The van der Waals surface area contributed by atoms with Gasteiger partial charge in [-0.1, -0.05) is 17.8 Å². The zero-order valence-corrected chi connectivity index (χ0v) is 16.9. The van der Waals surface area contributed by atoms with E-state index < -0.39 is 0 Å². The van der Waals surface area contributed by atoms with Crippen molar-refractivity contribution in [3.63, 3.8) is 0 Å². The summed E-state index contributed by atoms with van der Waals surface area (Å²) in [7, 11) is 1.99. The lowest BCUT2D eigenvalue weighted by atomic mass is 10.2. The molecule has 0 saturated heterocycles. The molecule has 0 amide bonds. The summed E-state index contributed by atoms with van der Waals surface area (Å²) in [6.07, 6.45) is 2.40. The first-order valence-electron chi connectivity index (χ1n) is 8.79.